The van der Waals surface area contributed by atoms with Gasteiger partial charge in [0.1, 0.15) is 5.82 Å². The number of likely N-dealkylation sites (tertiary alicyclic amines) is 1. The highest BCUT2D eigenvalue weighted by Gasteiger charge is 2.39. The zero-order valence-corrected chi connectivity index (χ0v) is 19.7. The minimum Gasteiger partial charge on any atom is -0.306 e. The Balaban J connectivity index is 0.00000272. The van der Waals surface area contributed by atoms with Gasteiger partial charge in [-0.2, -0.15) is 0 Å². The largest absolute Gasteiger partial charge is 0.329 e. The first-order valence-corrected chi connectivity index (χ1v) is 10.8. The molecule has 0 N–H and O–H groups in total. The Morgan fingerprint density at radius 3 is 2.16 bits per heavy atom. The zero-order valence-electron chi connectivity index (χ0n) is 17.4. The first kappa shape index (κ1) is 23.9. The molecule has 166 valence electrons. The average molecular weight is 485 g/mol. The maximum absolute atomic E-state index is 13.6. The molecule has 0 spiro atoms. The van der Waals surface area contributed by atoms with Gasteiger partial charge in [0.15, 0.2) is 0 Å². The van der Waals surface area contributed by atoms with Crippen molar-refractivity contribution < 1.29 is 4.39 Å². The van der Waals surface area contributed by atoms with Gasteiger partial charge in [-0.05, 0) is 68.3 Å². The number of imidazole rings is 1. The number of hydrogen-bond donors (Lipinski definition) is 0. The van der Waals surface area contributed by atoms with Gasteiger partial charge in [-0.1, -0.05) is 35.3 Å². The highest BCUT2D eigenvalue weighted by Crippen LogP contribution is 2.36. The monoisotopic (exact) mass is 483 g/mol. The number of hydrogen-bond acceptors (Lipinski definition) is 2. The summed E-state index contributed by atoms with van der Waals surface area (Å²) in [6.07, 6.45) is 5.21. The second-order valence-corrected chi connectivity index (χ2v) is 8.95. The summed E-state index contributed by atoms with van der Waals surface area (Å²) in [5, 5.41) is 1.07. The predicted octanol–water partition coefficient (Wildman–Crippen LogP) is 5.60. The third-order valence-electron chi connectivity index (χ3n) is 6.24. The normalized spacial score (nSPS) is 17.2. The van der Waals surface area contributed by atoms with Crippen molar-refractivity contribution in [2.75, 3.05) is 20.1 Å². The fourth-order valence-corrected chi connectivity index (χ4v) is 4.95. The molecule has 0 saturated carbocycles. The summed E-state index contributed by atoms with van der Waals surface area (Å²) in [6, 6.07) is 11.6. The second kappa shape index (κ2) is 9.37. The van der Waals surface area contributed by atoms with E-state index in [2.05, 4.69) is 11.9 Å². The Morgan fingerprint density at radius 2 is 1.58 bits per heavy atom. The molecule has 1 saturated heterocycles. The van der Waals surface area contributed by atoms with Gasteiger partial charge in [-0.25, -0.2) is 9.18 Å². The van der Waals surface area contributed by atoms with Gasteiger partial charge in [-0.15, -0.1) is 12.4 Å². The number of piperidine rings is 1. The molecule has 4 rings (SSSR count). The third-order valence-corrected chi connectivity index (χ3v) is 6.68. The van der Waals surface area contributed by atoms with Crippen LogP contribution in [-0.2, 0) is 5.54 Å². The van der Waals surface area contributed by atoms with Crippen LogP contribution in [0, 0.1) is 5.82 Å². The van der Waals surface area contributed by atoms with Crippen molar-refractivity contribution in [3.8, 4) is 0 Å². The molecule has 1 aliphatic heterocycles. The Hall–Kier alpha value is -1.79. The van der Waals surface area contributed by atoms with Crippen LogP contribution in [0.1, 0.15) is 36.9 Å². The molecule has 1 aliphatic rings. The summed E-state index contributed by atoms with van der Waals surface area (Å²) in [5.41, 5.74) is 1.21. The minimum absolute atomic E-state index is 0. The molecule has 1 fully saturated rings. The molecule has 31 heavy (non-hydrogen) atoms. The Labute approximate surface area is 197 Å². The topological polar surface area (TPSA) is 30.2 Å². The number of rotatable bonds is 4. The van der Waals surface area contributed by atoms with Crippen LogP contribution >= 0.6 is 35.6 Å². The van der Waals surface area contributed by atoms with Gasteiger partial charge < -0.3 is 4.90 Å². The van der Waals surface area contributed by atoms with Gasteiger partial charge in [0.05, 0.1) is 11.6 Å². The molecule has 0 aliphatic carbocycles. The van der Waals surface area contributed by atoms with Crippen molar-refractivity contribution >= 4 is 35.6 Å². The Kier molecular flexibility index (Phi) is 7.21. The quantitative estimate of drug-likeness (QED) is 0.483. The van der Waals surface area contributed by atoms with Crippen molar-refractivity contribution in [3.05, 3.63) is 92.3 Å². The fourth-order valence-electron chi connectivity index (χ4n) is 4.41. The van der Waals surface area contributed by atoms with Crippen molar-refractivity contribution in [1.82, 2.24) is 14.0 Å². The maximum atomic E-state index is 13.6. The van der Waals surface area contributed by atoms with Crippen LogP contribution in [0.2, 0.25) is 10.0 Å². The van der Waals surface area contributed by atoms with E-state index in [0.29, 0.717) is 10.0 Å². The number of benzene rings is 2. The van der Waals surface area contributed by atoms with E-state index in [9.17, 15) is 9.18 Å². The predicted molar refractivity (Wildman–Crippen MR) is 126 cm³/mol. The molecule has 1 aromatic heterocycles. The third kappa shape index (κ3) is 4.56. The molecule has 2 heterocycles. The minimum atomic E-state index is -0.506. The summed E-state index contributed by atoms with van der Waals surface area (Å²) in [7, 11) is 2.08. The van der Waals surface area contributed by atoms with Gasteiger partial charge in [-0.3, -0.25) is 9.13 Å². The van der Waals surface area contributed by atoms with Gasteiger partial charge >= 0.3 is 5.69 Å². The lowest BCUT2D eigenvalue weighted by Crippen LogP contribution is -2.49. The highest BCUT2D eigenvalue weighted by molar-refractivity contribution is 6.34. The lowest BCUT2D eigenvalue weighted by Gasteiger charge is -2.41. The molecule has 0 radical (unpaired) electrons. The van der Waals surface area contributed by atoms with E-state index in [0.717, 1.165) is 37.1 Å². The van der Waals surface area contributed by atoms with Crippen LogP contribution < -0.4 is 5.69 Å². The van der Waals surface area contributed by atoms with E-state index >= 15 is 0 Å². The summed E-state index contributed by atoms with van der Waals surface area (Å²) in [6.45, 7) is 3.66. The second-order valence-electron chi connectivity index (χ2n) is 8.08. The van der Waals surface area contributed by atoms with Crippen molar-refractivity contribution in [2.45, 2.75) is 31.3 Å². The smallest absolute Gasteiger partial charge is 0.306 e. The van der Waals surface area contributed by atoms with Crippen molar-refractivity contribution in [2.24, 2.45) is 0 Å². The first-order valence-electron chi connectivity index (χ1n) is 10.0. The molecule has 1 unspecified atom stereocenters. The highest BCUT2D eigenvalue weighted by atomic mass is 35.5. The van der Waals surface area contributed by atoms with Crippen LogP contribution in [0.3, 0.4) is 0 Å². The Morgan fingerprint density at radius 1 is 1.00 bits per heavy atom. The van der Waals surface area contributed by atoms with Crippen LogP contribution in [-0.4, -0.2) is 34.2 Å². The molecular formula is C23H25Cl3FN3O. The van der Waals surface area contributed by atoms with E-state index in [-0.39, 0.29) is 30.0 Å². The summed E-state index contributed by atoms with van der Waals surface area (Å²) < 4.78 is 17.1. The standard InChI is InChI=1S/C23H24Cl2FN3O.ClH/c1-16(17-13-19(24)15-20(25)14-17)28-11-12-29(22(28)30)23(7-9-27(2)10-8-23)18-3-5-21(26)6-4-18;/h3-6,11-16H,7-10H2,1-2H3;1H. The van der Waals surface area contributed by atoms with Crippen LogP contribution in [0.15, 0.2) is 59.7 Å². The molecule has 8 heteroatoms. The van der Waals surface area contributed by atoms with Crippen LogP contribution in [0.25, 0.3) is 0 Å². The van der Waals surface area contributed by atoms with Crippen molar-refractivity contribution in [3.63, 3.8) is 0 Å². The number of nitrogens with zero attached hydrogens (tertiary/aromatic N) is 3. The van der Waals surface area contributed by atoms with E-state index in [1.807, 2.05) is 36.0 Å². The van der Waals surface area contributed by atoms with E-state index < -0.39 is 5.54 Å². The molecule has 0 amide bonds. The summed E-state index contributed by atoms with van der Waals surface area (Å²) >= 11 is 12.3. The number of aromatic nitrogens is 2. The van der Waals surface area contributed by atoms with Gasteiger partial charge in [0, 0.05) is 35.5 Å². The average Bonchev–Trinajstić information content (AvgIpc) is 3.10. The Bertz CT molecular complexity index is 1080. The van der Waals surface area contributed by atoms with Crippen LogP contribution in [0.5, 0.6) is 0 Å². The summed E-state index contributed by atoms with van der Waals surface area (Å²) in [5.74, 6) is -0.279. The zero-order chi connectivity index (χ0) is 21.5. The molecule has 2 aromatic carbocycles. The maximum Gasteiger partial charge on any atom is 0.329 e. The molecule has 0 bridgehead atoms. The lowest BCUT2D eigenvalue weighted by molar-refractivity contribution is 0.158. The first-order chi connectivity index (χ1) is 14.3. The molecule has 4 nitrogen and oxygen atoms in total. The molecular weight excluding hydrogens is 460 g/mol. The van der Waals surface area contributed by atoms with E-state index in [1.165, 1.54) is 12.1 Å². The van der Waals surface area contributed by atoms with E-state index in [4.69, 9.17) is 23.2 Å². The SMILES string of the molecule is CC(c1cc(Cl)cc(Cl)c1)n1ccn(C2(c3ccc(F)cc3)CCN(C)CC2)c1=O.Cl. The molecule has 3 aromatic rings. The number of halogens is 4. The lowest BCUT2D eigenvalue weighted by atomic mass is 9.80. The summed E-state index contributed by atoms with van der Waals surface area (Å²) in [4.78, 5) is 15.8. The van der Waals surface area contributed by atoms with Gasteiger partial charge in [0.25, 0.3) is 0 Å². The van der Waals surface area contributed by atoms with Crippen LogP contribution in [0.4, 0.5) is 4.39 Å². The molecule has 1 atom stereocenters. The fraction of sp³-hybridized carbons (Fsp3) is 0.348. The van der Waals surface area contributed by atoms with E-state index in [1.54, 1.807) is 22.8 Å². The van der Waals surface area contributed by atoms with Gasteiger partial charge in [0.2, 0.25) is 0 Å². The van der Waals surface area contributed by atoms with Crippen molar-refractivity contribution in [1.29, 1.82) is 0 Å².